The van der Waals surface area contributed by atoms with E-state index < -0.39 is 8.09 Å². The monoisotopic (exact) mass is 398 g/mol. The van der Waals surface area contributed by atoms with Gasteiger partial charge in [-0.3, -0.25) is 0 Å². The Hall–Kier alpha value is -1.32. The summed E-state index contributed by atoms with van der Waals surface area (Å²) >= 11 is 0. The molecule has 3 heterocycles. The van der Waals surface area contributed by atoms with Gasteiger partial charge in [0, 0.05) is 0 Å². The van der Waals surface area contributed by atoms with Crippen molar-refractivity contribution in [2.75, 3.05) is 0 Å². The van der Waals surface area contributed by atoms with Gasteiger partial charge in [-0.1, -0.05) is 0 Å². The first-order chi connectivity index (χ1) is 12.1. The van der Waals surface area contributed by atoms with Crippen molar-refractivity contribution in [3.05, 3.63) is 72.8 Å². The van der Waals surface area contributed by atoms with E-state index in [1.165, 1.54) is 0 Å². The fourth-order valence-corrected chi connectivity index (χ4v) is 7.85. The summed E-state index contributed by atoms with van der Waals surface area (Å²) < 4.78 is 37.2. The van der Waals surface area contributed by atoms with Gasteiger partial charge in [0.25, 0.3) is 0 Å². The molecule has 3 aliphatic heterocycles. The Kier molecular flexibility index (Phi) is 3.95. The molecule has 126 valence electrons. The van der Waals surface area contributed by atoms with Crippen LogP contribution >= 0.6 is 0 Å². The van der Waals surface area contributed by atoms with Crippen molar-refractivity contribution in [2.24, 2.45) is 0 Å². The zero-order valence-electron chi connectivity index (χ0n) is 14.9. The number of hydrogen-bond acceptors (Lipinski definition) is 6. The Balaban J connectivity index is 0.000000900. The third-order valence-electron chi connectivity index (χ3n) is 4.46. The third kappa shape index (κ3) is 2.34. The summed E-state index contributed by atoms with van der Waals surface area (Å²) in [5.74, 6) is 2.63. The average Bonchev–Trinajstić information content (AvgIpc) is 3.18. The molecule has 0 N–H and O–H groups in total. The summed E-state index contributed by atoms with van der Waals surface area (Å²) in [6.45, 7) is 0. The van der Waals surface area contributed by atoms with Crippen molar-refractivity contribution in [3.8, 4) is 34.5 Å². The number of para-hydroxylation sites is 6. The molecule has 0 fully saturated rings. The second-order valence-electron chi connectivity index (χ2n) is 6.20. The molecule has 3 aromatic carbocycles. The Morgan fingerprint density at radius 1 is 0.370 bits per heavy atom. The van der Waals surface area contributed by atoms with Gasteiger partial charge in [0.2, 0.25) is 0 Å². The molecule has 0 saturated heterocycles. The van der Waals surface area contributed by atoms with E-state index in [4.69, 9.17) is 26.6 Å². The van der Waals surface area contributed by atoms with Crippen molar-refractivity contribution in [1.29, 1.82) is 0 Å². The Morgan fingerprint density at radius 2 is 0.556 bits per heavy atom. The fraction of sp³-hybridized carbons (Fsp3) is 0. The third-order valence-corrected chi connectivity index (χ3v) is 8.28. The van der Waals surface area contributed by atoms with Crippen molar-refractivity contribution < 1.29 is 85.7 Å². The molecule has 9 heteroatoms. The first-order valence-corrected chi connectivity index (χ1v) is 10.4. The van der Waals surface area contributed by atoms with Crippen LogP contribution in [0.15, 0.2) is 72.8 Å². The van der Waals surface area contributed by atoms with Gasteiger partial charge < -0.3 is 0 Å². The van der Waals surface area contributed by atoms with Crippen LogP contribution in [0, 0.1) is 0 Å². The summed E-state index contributed by atoms with van der Waals surface area (Å²) in [6.07, 6.45) is 0. The van der Waals surface area contributed by atoms with E-state index in [1.54, 1.807) is 36.4 Å². The SMILES string of the molecule is [Na+].[Na+].c1ccc2c(c1)O[Si-2]13(O2)(Oc2ccccc2O1)Oc1ccccc1O3. The molecule has 3 aromatic rings. The Labute approximate surface area is 199 Å². The van der Waals surface area contributed by atoms with E-state index in [9.17, 15) is 0 Å². The van der Waals surface area contributed by atoms with E-state index in [0.717, 1.165) is 0 Å². The van der Waals surface area contributed by atoms with Gasteiger partial charge in [0.1, 0.15) is 0 Å². The van der Waals surface area contributed by atoms with Crippen molar-refractivity contribution >= 4 is 8.09 Å². The van der Waals surface area contributed by atoms with Crippen molar-refractivity contribution in [2.45, 2.75) is 0 Å². The average molecular weight is 398 g/mol. The van der Waals surface area contributed by atoms with Crippen LogP contribution in [0.2, 0.25) is 0 Å². The van der Waals surface area contributed by atoms with Crippen LogP contribution in [0.1, 0.15) is 0 Å². The molecular weight excluding hydrogens is 386 g/mol. The summed E-state index contributed by atoms with van der Waals surface area (Å²) in [6, 6.07) is 21.5. The van der Waals surface area contributed by atoms with Crippen LogP contribution in [0.3, 0.4) is 0 Å². The molecule has 0 aliphatic carbocycles. The number of rotatable bonds is 0. The predicted octanol–water partition coefficient (Wildman–Crippen LogP) is -2.25. The molecule has 0 saturated carbocycles. The van der Waals surface area contributed by atoms with Gasteiger partial charge in [0.15, 0.2) is 0 Å². The van der Waals surface area contributed by atoms with Gasteiger partial charge in [-0.05, 0) is 0 Å². The van der Waals surface area contributed by atoms with E-state index in [0.29, 0.717) is 34.5 Å². The summed E-state index contributed by atoms with van der Waals surface area (Å²) in [7, 11) is -5.84. The zero-order chi connectivity index (χ0) is 16.6. The fourth-order valence-electron chi connectivity index (χ4n) is 3.52. The molecular formula is C18H12Na2O6Si. The second kappa shape index (κ2) is 5.61. The Bertz CT molecular complexity index is 856. The molecule has 6 nitrogen and oxygen atoms in total. The van der Waals surface area contributed by atoms with E-state index in [1.807, 2.05) is 36.4 Å². The topological polar surface area (TPSA) is 55.4 Å². The van der Waals surface area contributed by atoms with Gasteiger partial charge in [0.05, 0.1) is 0 Å². The molecule has 1 spiro atoms. The molecule has 6 rings (SSSR count). The van der Waals surface area contributed by atoms with Crippen molar-refractivity contribution in [3.63, 3.8) is 0 Å². The van der Waals surface area contributed by atoms with Crippen LogP contribution in [-0.4, -0.2) is 8.09 Å². The Morgan fingerprint density at radius 3 is 0.741 bits per heavy atom. The maximum absolute atomic E-state index is 6.20. The van der Waals surface area contributed by atoms with E-state index in [2.05, 4.69) is 0 Å². The summed E-state index contributed by atoms with van der Waals surface area (Å²) in [4.78, 5) is 0. The minimum absolute atomic E-state index is 0. The van der Waals surface area contributed by atoms with Crippen LogP contribution in [0.25, 0.3) is 0 Å². The van der Waals surface area contributed by atoms with Crippen LogP contribution in [0.4, 0.5) is 0 Å². The molecule has 0 atom stereocenters. The first kappa shape index (κ1) is 19.0. The second-order valence-corrected chi connectivity index (χ2v) is 9.93. The summed E-state index contributed by atoms with van der Waals surface area (Å²) in [5.41, 5.74) is 0. The number of hydrogen-bond donors (Lipinski definition) is 0. The summed E-state index contributed by atoms with van der Waals surface area (Å²) in [5, 5.41) is 0. The van der Waals surface area contributed by atoms with Crippen LogP contribution in [-0.2, 0) is 0 Å². The molecule has 0 radical (unpaired) electrons. The first-order valence-electron chi connectivity index (χ1n) is 7.93. The van der Waals surface area contributed by atoms with E-state index >= 15 is 0 Å². The number of benzene rings is 3. The molecule has 0 bridgehead atoms. The van der Waals surface area contributed by atoms with Crippen LogP contribution in [0.5, 0.6) is 34.5 Å². The quantitative estimate of drug-likeness (QED) is 0.399. The van der Waals surface area contributed by atoms with Gasteiger partial charge in [-0.2, -0.15) is 0 Å². The molecule has 3 aliphatic rings. The molecule has 27 heavy (non-hydrogen) atoms. The standard InChI is InChI=1S/C18H12O6Si.2Na/c1-2-8-14-13(7-1)19-25(20-14,21-15-9-3-4-10-16(15)22-25)23-17-11-5-6-12-18(17)24-25;;/h1-12H;;/q-2;2*+1. The maximum atomic E-state index is 6.20. The molecule has 0 amide bonds. The number of fused-ring (bicyclic) bond motifs is 3. The minimum atomic E-state index is -5.84. The predicted molar refractivity (Wildman–Crippen MR) is 88.8 cm³/mol. The molecule has 0 aromatic heterocycles. The molecule has 0 unspecified atom stereocenters. The van der Waals surface area contributed by atoms with Gasteiger partial charge in [-0.15, -0.1) is 0 Å². The van der Waals surface area contributed by atoms with Crippen LogP contribution < -0.4 is 85.7 Å². The zero-order valence-corrected chi connectivity index (χ0v) is 19.9. The normalized spacial score (nSPS) is 21.8. The van der Waals surface area contributed by atoms with E-state index in [-0.39, 0.29) is 59.1 Å². The van der Waals surface area contributed by atoms with Gasteiger partial charge in [-0.25, -0.2) is 0 Å². The van der Waals surface area contributed by atoms with Gasteiger partial charge >= 0.3 is 201 Å². The van der Waals surface area contributed by atoms with Crippen molar-refractivity contribution in [1.82, 2.24) is 0 Å².